The molecule has 0 atom stereocenters. The normalized spacial score (nSPS) is 10.1. The van der Waals surface area contributed by atoms with Crippen molar-refractivity contribution < 1.29 is 14.6 Å². The Labute approximate surface area is 105 Å². The number of hydrogen-bond acceptors (Lipinski definition) is 3. The summed E-state index contributed by atoms with van der Waals surface area (Å²) in [6.07, 6.45) is 0. The van der Waals surface area contributed by atoms with E-state index in [-0.39, 0.29) is 5.56 Å². The van der Waals surface area contributed by atoms with Crippen LogP contribution in [0.5, 0.6) is 5.75 Å². The maximum absolute atomic E-state index is 11.3. The minimum atomic E-state index is -1.01. The molecule has 18 heavy (non-hydrogen) atoms. The van der Waals surface area contributed by atoms with Gasteiger partial charge in [0.2, 0.25) is 0 Å². The highest BCUT2D eigenvalue weighted by molar-refractivity contribution is 6.01. The van der Waals surface area contributed by atoms with Gasteiger partial charge in [0.05, 0.1) is 18.4 Å². The second-order valence-corrected chi connectivity index (χ2v) is 3.78. The number of nitrogen functional groups attached to an aromatic ring is 1. The van der Waals surface area contributed by atoms with Crippen LogP contribution >= 0.6 is 0 Å². The minimum Gasteiger partial charge on any atom is -0.495 e. The van der Waals surface area contributed by atoms with E-state index >= 15 is 0 Å². The number of ether oxygens (including phenoxy) is 1. The van der Waals surface area contributed by atoms with E-state index in [4.69, 9.17) is 10.5 Å². The number of methoxy groups -OCH3 is 1. The van der Waals surface area contributed by atoms with Crippen LogP contribution in [0.25, 0.3) is 11.1 Å². The lowest BCUT2D eigenvalue weighted by Gasteiger charge is -2.13. The fourth-order valence-corrected chi connectivity index (χ4v) is 1.87. The van der Waals surface area contributed by atoms with Gasteiger partial charge in [-0.1, -0.05) is 30.3 Å². The van der Waals surface area contributed by atoms with Crippen LogP contribution in [0.4, 0.5) is 5.69 Å². The van der Waals surface area contributed by atoms with Gasteiger partial charge in [0.25, 0.3) is 0 Å². The number of aromatic carboxylic acids is 1. The molecule has 0 aliphatic carbocycles. The largest absolute Gasteiger partial charge is 0.495 e. The highest BCUT2D eigenvalue weighted by atomic mass is 16.5. The fourth-order valence-electron chi connectivity index (χ4n) is 1.87. The minimum absolute atomic E-state index is 0.166. The molecule has 2 aromatic carbocycles. The second-order valence-electron chi connectivity index (χ2n) is 3.78. The molecule has 0 amide bonds. The molecule has 4 nitrogen and oxygen atoms in total. The molecule has 0 saturated heterocycles. The van der Waals surface area contributed by atoms with E-state index < -0.39 is 5.97 Å². The standard InChI is InChI=1S/C14H13NO3/c1-18-11-8-7-10(14(16)17)12(13(11)15)9-5-3-2-4-6-9/h2-8H,15H2,1H3,(H,16,17). The zero-order chi connectivity index (χ0) is 13.1. The van der Waals surface area contributed by atoms with Crippen LogP contribution < -0.4 is 10.5 Å². The number of benzene rings is 2. The van der Waals surface area contributed by atoms with Crippen molar-refractivity contribution in [3.05, 3.63) is 48.0 Å². The van der Waals surface area contributed by atoms with E-state index in [2.05, 4.69) is 0 Å². The Morgan fingerprint density at radius 1 is 1.17 bits per heavy atom. The molecule has 4 heteroatoms. The van der Waals surface area contributed by atoms with E-state index in [9.17, 15) is 9.90 Å². The van der Waals surface area contributed by atoms with Crippen LogP contribution in [0.3, 0.4) is 0 Å². The Morgan fingerprint density at radius 3 is 2.39 bits per heavy atom. The SMILES string of the molecule is COc1ccc(C(=O)O)c(-c2ccccc2)c1N. The highest BCUT2D eigenvalue weighted by Gasteiger charge is 2.17. The van der Waals surface area contributed by atoms with Gasteiger partial charge in [-0.2, -0.15) is 0 Å². The van der Waals surface area contributed by atoms with Crippen molar-refractivity contribution in [2.24, 2.45) is 0 Å². The molecule has 0 aliphatic heterocycles. The maximum atomic E-state index is 11.3. The summed E-state index contributed by atoms with van der Waals surface area (Å²) in [7, 11) is 1.50. The lowest BCUT2D eigenvalue weighted by Crippen LogP contribution is -2.04. The molecule has 0 spiro atoms. The molecule has 0 radical (unpaired) electrons. The fraction of sp³-hybridized carbons (Fsp3) is 0.0714. The Balaban J connectivity index is 2.73. The Kier molecular flexibility index (Phi) is 3.19. The molecule has 0 bridgehead atoms. The Hall–Kier alpha value is -2.49. The zero-order valence-corrected chi connectivity index (χ0v) is 9.88. The van der Waals surface area contributed by atoms with Crippen LogP contribution in [0, 0.1) is 0 Å². The van der Waals surface area contributed by atoms with E-state index in [1.54, 1.807) is 6.07 Å². The highest BCUT2D eigenvalue weighted by Crippen LogP contribution is 2.36. The number of anilines is 1. The average molecular weight is 243 g/mol. The van der Waals surface area contributed by atoms with E-state index in [0.717, 1.165) is 5.56 Å². The molecule has 0 unspecified atom stereocenters. The van der Waals surface area contributed by atoms with Crippen molar-refractivity contribution in [2.45, 2.75) is 0 Å². The van der Waals surface area contributed by atoms with E-state index in [0.29, 0.717) is 17.0 Å². The van der Waals surface area contributed by atoms with Crippen LogP contribution in [-0.4, -0.2) is 18.2 Å². The van der Waals surface area contributed by atoms with Crippen molar-refractivity contribution in [3.63, 3.8) is 0 Å². The van der Waals surface area contributed by atoms with Gasteiger partial charge in [-0.05, 0) is 17.7 Å². The first-order valence-electron chi connectivity index (χ1n) is 5.40. The number of carboxylic acid groups (broad SMARTS) is 1. The molecule has 2 aromatic rings. The van der Waals surface area contributed by atoms with Crippen molar-refractivity contribution >= 4 is 11.7 Å². The van der Waals surface area contributed by atoms with Crippen LogP contribution in [0.2, 0.25) is 0 Å². The lowest BCUT2D eigenvalue weighted by molar-refractivity contribution is 0.0698. The maximum Gasteiger partial charge on any atom is 0.336 e. The lowest BCUT2D eigenvalue weighted by atomic mass is 9.97. The Morgan fingerprint density at radius 2 is 1.83 bits per heavy atom. The van der Waals surface area contributed by atoms with Crippen LogP contribution in [0.15, 0.2) is 42.5 Å². The molecule has 2 rings (SSSR count). The summed E-state index contributed by atoms with van der Waals surface area (Å²) in [4.78, 5) is 11.3. The third kappa shape index (κ3) is 2.00. The first-order valence-corrected chi connectivity index (χ1v) is 5.40. The zero-order valence-electron chi connectivity index (χ0n) is 9.88. The Bertz CT molecular complexity index is 579. The third-order valence-electron chi connectivity index (χ3n) is 2.72. The summed E-state index contributed by atoms with van der Waals surface area (Å²) in [5, 5.41) is 9.22. The van der Waals surface area contributed by atoms with Crippen molar-refractivity contribution in [2.75, 3.05) is 12.8 Å². The number of carboxylic acids is 1. The number of nitrogens with two attached hydrogens (primary N) is 1. The van der Waals surface area contributed by atoms with E-state index in [1.165, 1.54) is 13.2 Å². The van der Waals surface area contributed by atoms with Gasteiger partial charge in [-0.3, -0.25) is 0 Å². The van der Waals surface area contributed by atoms with Gasteiger partial charge in [0, 0.05) is 5.56 Å². The number of rotatable bonds is 3. The number of hydrogen-bond donors (Lipinski definition) is 2. The second kappa shape index (κ2) is 4.79. The van der Waals surface area contributed by atoms with Crippen molar-refractivity contribution in [1.82, 2.24) is 0 Å². The quantitative estimate of drug-likeness (QED) is 0.813. The van der Waals surface area contributed by atoms with Crippen molar-refractivity contribution in [1.29, 1.82) is 0 Å². The number of carbonyl (C=O) groups is 1. The van der Waals surface area contributed by atoms with Gasteiger partial charge in [-0.15, -0.1) is 0 Å². The summed E-state index contributed by atoms with van der Waals surface area (Å²) >= 11 is 0. The predicted molar refractivity (Wildman–Crippen MR) is 69.8 cm³/mol. The summed E-state index contributed by atoms with van der Waals surface area (Å²) < 4.78 is 5.12. The predicted octanol–water partition coefficient (Wildman–Crippen LogP) is 2.64. The topological polar surface area (TPSA) is 72.5 Å². The molecular weight excluding hydrogens is 230 g/mol. The van der Waals surface area contributed by atoms with Gasteiger partial charge in [-0.25, -0.2) is 4.79 Å². The van der Waals surface area contributed by atoms with Gasteiger partial charge in [0.15, 0.2) is 0 Å². The first-order chi connectivity index (χ1) is 8.65. The summed E-state index contributed by atoms with van der Waals surface area (Å²) in [6, 6.07) is 12.2. The van der Waals surface area contributed by atoms with Gasteiger partial charge in [0.1, 0.15) is 5.75 Å². The first kappa shape index (κ1) is 12.0. The summed E-state index contributed by atoms with van der Waals surface area (Å²) in [5.41, 5.74) is 7.72. The molecule has 3 N–H and O–H groups in total. The van der Waals surface area contributed by atoms with Gasteiger partial charge < -0.3 is 15.6 Å². The molecule has 92 valence electrons. The molecular formula is C14H13NO3. The van der Waals surface area contributed by atoms with Gasteiger partial charge >= 0.3 is 5.97 Å². The van der Waals surface area contributed by atoms with Crippen LogP contribution in [-0.2, 0) is 0 Å². The van der Waals surface area contributed by atoms with E-state index in [1.807, 2.05) is 30.3 Å². The molecule has 0 heterocycles. The smallest absolute Gasteiger partial charge is 0.336 e. The summed E-state index contributed by atoms with van der Waals surface area (Å²) in [5.74, 6) is -0.540. The summed E-state index contributed by atoms with van der Waals surface area (Å²) in [6.45, 7) is 0. The van der Waals surface area contributed by atoms with Crippen molar-refractivity contribution in [3.8, 4) is 16.9 Å². The third-order valence-corrected chi connectivity index (χ3v) is 2.72. The van der Waals surface area contributed by atoms with Crippen LogP contribution in [0.1, 0.15) is 10.4 Å². The average Bonchev–Trinajstić information content (AvgIpc) is 2.39. The monoisotopic (exact) mass is 243 g/mol. The molecule has 0 aliphatic rings. The molecule has 0 fully saturated rings. The molecule has 0 aromatic heterocycles. The molecule has 0 saturated carbocycles.